The molecule has 3 heteroatoms. The Morgan fingerprint density at radius 2 is 1.50 bits per heavy atom. The molecule has 2 aromatic rings. The van der Waals surface area contributed by atoms with Crippen LogP contribution in [0.25, 0.3) is 0 Å². The number of hydrogen-bond acceptors (Lipinski definition) is 1. The van der Waals surface area contributed by atoms with Crippen LogP contribution in [0.15, 0.2) is 36.4 Å². The van der Waals surface area contributed by atoms with Crippen molar-refractivity contribution in [2.24, 2.45) is 0 Å². The van der Waals surface area contributed by atoms with Gasteiger partial charge in [-0.15, -0.1) is 0 Å². The molecule has 0 aliphatic carbocycles. The molecule has 0 heterocycles. The first kappa shape index (κ1) is 17.2. The average Bonchev–Trinajstić information content (AvgIpc) is 2.37. The summed E-state index contributed by atoms with van der Waals surface area (Å²) in [5.41, 5.74) is 5.86. The van der Waals surface area contributed by atoms with E-state index >= 15 is 0 Å². The third kappa shape index (κ3) is 3.61. The Morgan fingerprint density at radius 1 is 0.900 bits per heavy atom. The van der Waals surface area contributed by atoms with Gasteiger partial charge in [0.1, 0.15) is 0 Å². The minimum Gasteiger partial charge on any atom is -0.289 e. The fourth-order valence-corrected chi connectivity index (χ4v) is 3.48. The maximum absolute atomic E-state index is 12.5. The first-order valence-electron chi connectivity index (χ1n) is 6.44. The van der Waals surface area contributed by atoms with E-state index in [0.29, 0.717) is 0 Å². The Balaban J connectivity index is 0.00000200. The van der Waals surface area contributed by atoms with Crippen molar-refractivity contribution in [3.63, 3.8) is 0 Å². The molecule has 99 valence electrons. The molecule has 1 radical (unpaired) electrons. The molecule has 2 aromatic carbocycles. The van der Waals surface area contributed by atoms with E-state index in [1.807, 2.05) is 37.3 Å². The third-order valence-corrected chi connectivity index (χ3v) is 4.71. The standard InChI is InChI=1S/C17H19OP.Li/c1-11-10-12(2)16(14(4)13(11)3)17(18)19-15-8-6-5-7-9-15;/h5-10,19H,1-4H3;. The number of rotatable bonds is 3. The van der Waals surface area contributed by atoms with Crippen LogP contribution in [0.2, 0.25) is 0 Å². The number of hydrogen-bond donors (Lipinski definition) is 0. The van der Waals surface area contributed by atoms with E-state index in [1.54, 1.807) is 0 Å². The van der Waals surface area contributed by atoms with Crippen molar-refractivity contribution < 1.29 is 4.79 Å². The van der Waals surface area contributed by atoms with Gasteiger partial charge < -0.3 is 0 Å². The second-order valence-corrected chi connectivity index (χ2v) is 6.24. The summed E-state index contributed by atoms with van der Waals surface area (Å²) >= 11 is 0. The van der Waals surface area contributed by atoms with Gasteiger partial charge in [-0.2, -0.15) is 0 Å². The van der Waals surface area contributed by atoms with Gasteiger partial charge in [0.2, 0.25) is 0 Å². The number of carbonyl (C=O) groups excluding carboxylic acids is 1. The zero-order chi connectivity index (χ0) is 14.0. The Kier molecular flexibility index (Phi) is 6.22. The molecule has 1 nitrogen and oxygen atoms in total. The van der Waals surface area contributed by atoms with Crippen LogP contribution in [0, 0.1) is 27.7 Å². The SMILES string of the molecule is Cc1cc(C)c(C(=O)Pc2ccccc2)c(C)c1C.[Li]. The van der Waals surface area contributed by atoms with Crippen LogP contribution in [0.3, 0.4) is 0 Å². The molecule has 0 spiro atoms. The second kappa shape index (κ2) is 7.23. The average molecular weight is 277 g/mol. The monoisotopic (exact) mass is 277 g/mol. The molecule has 0 saturated heterocycles. The predicted octanol–water partition coefficient (Wildman–Crippen LogP) is 3.68. The van der Waals surface area contributed by atoms with Crippen molar-refractivity contribution in [3.05, 3.63) is 64.2 Å². The van der Waals surface area contributed by atoms with E-state index in [9.17, 15) is 4.79 Å². The Morgan fingerprint density at radius 3 is 2.10 bits per heavy atom. The maximum atomic E-state index is 12.5. The molecule has 0 aliphatic heterocycles. The van der Waals surface area contributed by atoms with Crippen LogP contribution >= 0.6 is 8.58 Å². The van der Waals surface area contributed by atoms with E-state index in [-0.39, 0.29) is 33.0 Å². The number of benzene rings is 2. The molecular formula is C17H19LiOP. The van der Waals surface area contributed by atoms with Crippen LogP contribution < -0.4 is 5.30 Å². The van der Waals surface area contributed by atoms with Crippen LogP contribution in [-0.4, -0.2) is 24.4 Å². The molecule has 20 heavy (non-hydrogen) atoms. The zero-order valence-corrected chi connectivity index (χ0v) is 13.9. The van der Waals surface area contributed by atoms with Gasteiger partial charge in [0, 0.05) is 24.4 Å². The molecule has 0 bridgehead atoms. The van der Waals surface area contributed by atoms with Crippen molar-refractivity contribution in [1.82, 2.24) is 0 Å². The smallest absolute Gasteiger partial charge is 0.186 e. The fraction of sp³-hybridized carbons (Fsp3) is 0.235. The summed E-state index contributed by atoms with van der Waals surface area (Å²) in [5.74, 6) is 0. The van der Waals surface area contributed by atoms with Gasteiger partial charge in [0.05, 0.1) is 0 Å². The van der Waals surface area contributed by atoms with Gasteiger partial charge in [-0.3, -0.25) is 4.79 Å². The van der Waals surface area contributed by atoms with Gasteiger partial charge in [0.15, 0.2) is 5.52 Å². The van der Waals surface area contributed by atoms with E-state index in [1.165, 1.54) is 11.1 Å². The van der Waals surface area contributed by atoms with Gasteiger partial charge in [-0.1, -0.05) is 36.4 Å². The van der Waals surface area contributed by atoms with Gasteiger partial charge in [-0.25, -0.2) is 0 Å². The molecule has 0 saturated carbocycles. The summed E-state index contributed by atoms with van der Waals surface area (Å²) in [6, 6.07) is 12.1. The minimum absolute atomic E-state index is 0. The van der Waals surface area contributed by atoms with Crippen LogP contribution in [-0.2, 0) is 0 Å². The predicted molar refractivity (Wildman–Crippen MR) is 89.9 cm³/mol. The van der Waals surface area contributed by atoms with Crippen molar-refractivity contribution in [2.75, 3.05) is 0 Å². The number of carbonyl (C=O) groups is 1. The van der Waals surface area contributed by atoms with Crippen LogP contribution in [0.1, 0.15) is 32.6 Å². The fourth-order valence-electron chi connectivity index (χ4n) is 2.35. The summed E-state index contributed by atoms with van der Waals surface area (Å²) in [7, 11) is 0.203. The molecule has 1 atom stereocenters. The van der Waals surface area contributed by atoms with Gasteiger partial charge >= 0.3 is 0 Å². The molecular weight excluding hydrogens is 258 g/mol. The van der Waals surface area contributed by atoms with Crippen molar-refractivity contribution in [3.8, 4) is 0 Å². The summed E-state index contributed by atoms with van der Waals surface area (Å²) in [4.78, 5) is 12.5. The Hall–Kier alpha value is -0.863. The number of aryl methyl sites for hydroxylation is 2. The quantitative estimate of drug-likeness (QED) is 0.618. The van der Waals surface area contributed by atoms with Crippen LogP contribution in [0.4, 0.5) is 0 Å². The van der Waals surface area contributed by atoms with Gasteiger partial charge in [-0.05, 0) is 63.8 Å². The van der Waals surface area contributed by atoms with Crippen molar-refractivity contribution >= 4 is 38.3 Å². The summed E-state index contributed by atoms with van der Waals surface area (Å²) in [6.07, 6.45) is 0. The molecule has 1 unspecified atom stereocenters. The molecule has 0 aliphatic rings. The largest absolute Gasteiger partial charge is 0.289 e. The summed E-state index contributed by atoms with van der Waals surface area (Å²) in [5, 5.41) is 1.10. The maximum Gasteiger partial charge on any atom is 0.186 e. The molecule has 2 rings (SSSR count). The van der Waals surface area contributed by atoms with Crippen LogP contribution in [0.5, 0.6) is 0 Å². The minimum atomic E-state index is 0. The summed E-state index contributed by atoms with van der Waals surface area (Å²) in [6.45, 7) is 8.27. The van der Waals surface area contributed by atoms with E-state index < -0.39 is 0 Å². The topological polar surface area (TPSA) is 17.1 Å². The first-order chi connectivity index (χ1) is 9.00. The van der Waals surface area contributed by atoms with Crippen molar-refractivity contribution in [1.29, 1.82) is 0 Å². The van der Waals surface area contributed by atoms with Crippen molar-refractivity contribution in [2.45, 2.75) is 27.7 Å². The third-order valence-electron chi connectivity index (χ3n) is 3.62. The van der Waals surface area contributed by atoms with Gasteiger partial charge in [0.25, 0.3) is 0 Å². The summed E-state index contributed by atoms with van der Waals surface area (Å²) < 4.78 is 0. The molecule has 0 N–H and O–H groups in total. The molecule has 0 fully saturated rings. The molecule has 0 amide bonds. The first-order valence-corrected chi connectivity index (χ1v) is 7.44. The zero-order valence-electron chi connectivity index (χ0n) is 12.9. The van der Waals surface area contributed by atoms with E-state index in [0.717, 1.165) is 22.0 Å². The second-order valence-electron chi connectivity index (χ2n) is 4.96. The van der Waals surface area contributed by atoms with E-state index in [4.69, 9.17) is 0 Å². The normalized spacial score (nSPS) is 10.6. The Bertz CT molecular complexity index is 621. The van der Waals surface area contributed by atoms with E-state index in [2.05, 4.69) is 26.8 Å². The molecule has 0 aromatic heterocycles. The Labute approximate surface area is 135 Å².